The fraction of sp³-hybridized carbons (Fsp3) is 0.500. The molecule has 166 valence electrons. The van der Waals surface area contributed by atoms with Gasteiger partial charge in [0.05, 0.1) is 0 Å². The summed E-state index contributed by atoms with van der Waals surface area (Å²) in [6, 6.07) is 8.17. The first-order valence-electron chi connectivity index (χ1n) is 10.7. The van der Waals surface area contributed by atoms with Crippen molar-refractivity contribution in [1.29, 1.82) is 0 Å². The summed E-state index contributed by atoms with van der Waals surface area (Å²) in [6.45, 7) is 8.10. The standard InChI is InChI=1S/C22H29FN6O2/c1-17(31-19-6-4-3-5-18(19)23)22(30)29-13-11-28(12-14-29)21-15-20(24-16-25-21)27-9-7-26(2)8-10-27/h3-6,15-17H,7-14H2,1-2H3. The highest BCUT2D eigenvalue weighted by atomic mass is 19.1. The molecule has 2 aromatic rings. The van der Waals surface area contributed by atoms with Crippen LogP contribution in [0.2, 0.25) is 0 Å². The molecule has 4 rings (SSSR count). The van der Waals surface area contributed by atoms with Gasteiger partial charge in [-0.05, 0) is 26.1 Å². The van der Waals surface area contributed by atoms with Crippen molar-refractivity contribution in [3.63, 3.8) is 0 Å². The zero-order chi connectivity index (χ0) is 21.8. The highest BCUT2D eigenvalue weighted by Crippen LogP contribution is 2.21. The zero-order valence-corrected chi connectivity index (χ0v) is 18.1. The summed E-state index contributed by atoms with van der Waals surface area (Å²) in [4.78, 5) is 30.2. The van der Waals surface area contributed by atoms with Gasteiger partial charge in [0.25, 0.3) is 5.91 Å². The van der Waals surface area contributed by atoms with Crippen LogP contribution in [0.25, 0.3) is 0 Å². The van der Waals surface area contributed by atoms with E-state index >= 15 is 0 Å². The summed E-state index contributed by atoms with van der Waals surface area (Å²) >= 11 is 0. The molecule has 1 aromatic carbocycles. The predicted molar refractivity (Wildman–Crippen MR) is 117 cm³/mol. The van der Waals surface area contributed by atoms with Gasteiger partial charge in [0.1, 0.15) is 18.0 Å². The maximum atomic E-state index is 13.8. The number of aromatic nitrogens is 2. The molecule has 2 fully saturated rings. The van der Waals surface area contributed by atoms with E-state index in [-0.39, 0.29) is 11.7 Å². The van der Waals surface area contributed by atoms with Crippen molar-refractivity contribution < 1.29 is 13.9 Å². The average Bonchev–Trinajstić information content (AvgIpc) is 2.81. The van der Waals surface area contributed by atoms with Gasteiger partial charge in [-0.15, -0.1) is 0 Å². The Balaban J connectivity index is 1.33. The van der Waals surface area contributed by atoms with E-state index in [1.165, 1.54) is 12.1 Å². The minimum atomic E-state index is -0.744. The lowest BCUT2D eigenvalue weighted by atomic mass is 10.2. The number of halogens is 1. The molecule has 31 heavy (non-hydrogen) atoms. The Morgan fingerprint density at radius 3 is 2.16 bits per heavy atom. The first-order chi connectivity index (χ1) is 15.0. The molecular weight excluding hydrogens is 399 g/mol. The molecule has 8 nitrogen and oxygen atoms in total. The summed E-state index contributed by atoms with van der Waals surface area (Å²) < 4.78 is 19.4. The second-order valence-electron chi connectivity index (χ2n) is 8.03. The molecule has 0 radical (unpaired) electrons. The fourth-order valence-corrected chi connectivity index (χ4v) is 3.91. The number of carbonyl (C=O) groups excluding carboxylic acids is 1. The highest BCUT2D eigenvalue weighted by Gasteiger charge is 2.27. The van der Waals surface area contributed by atoms with Gasteiger partial charge in [-0.25, -0.2) is 14.4 Å². The van der Waals surface area contributed by atoms with Gasteiger partial charge in [0.2, 0.25) is 0 Å². The van der Waals surface area contributed by atoms with Gasteiger partial charge in [0, 0.05) is 58.4 Å². The van der Waals surface area contributed by atoms with Gasteiger partial charge < -0.3 is 24.3 Å². The van der Waals surface area contributed by atoms with Crippen LogP contribution in [0.5, 0.6) is 5.75 Å². The van der Waals surface area contributed by atoms with Crippen LogP contribution in [0.3, 0.4) is 0 Å². The summed E-state index contributed by atoms with van der Waals surface area (Å²) in [5.41, 5.74) is 0. The van der Waals surface area contributed by atoms with Gasteiger partial charge >= 0.3 is 0 Å². The third kappa shape index (κ3) is 5.04. The number of rotatable bonds is 5. The molecule has 2 saturated heterocycles. The van der Waals surface area contributed by atoms with Gasteiger partial charge in [-0.2, -0.15) is 0 Å². The minimum Gasteiger partial charge on any atom is -0.478 e. The van der Waals surface area contributed by atoms with Gasteiger partial charge in [0.15, 0.2) is 17.7 Å². The first-order valence-corrected chi connectivity index (χ1v) is 10.7. The third-order valence-electron chi connectivity index (χ3n) is 5.87. The number of hydrogen-bond donors (Lipinski definition) is 0. The summed E-state index contributed by atoms with van der Waals surface area (Å²) in [7, 11) is 2.13. The molecule has 2 aliphatic heterocycles. The number of hydrogen-bond acceptors (Lipinski definition) is 7. The zero-order valence-electron chi connectivity index (χ0n) is 18.1. The number of ether oxygens (including phenoxy) is 1. The molecule has 3 heterocycles. The van der Waals surface area contributed by atoms with Crippen molar-refractivity contribution in [2.24, 2.45) is 0 Å². The van der Waals surface area contributed by atoms with Crippen LogP contribution in [0.15, 0.2) is 36.7 Å². The number of carbonyl (C=O) groups is 1. The maximum absolute atomic E-state index is 13.8. The second-order valence-corrected chi connectivity index (χ2v) is 8.03. The number of piperazine rings is 2. The topological polar surface area (TPSA) is 65.0 Å². The molecule has 9 heteroatoms. The lowest BCUT2D eigenvalue weighted by Gasteiger charge is -2.37. The third-order valence-corrected chi connectivity index (χ3v) is 5.87. The fourth-order valence-electron chi connectivity index (χ4n) is 3.91. The van der Waals surface area contributed by atoms with Crippen LogP contribution in [0, 0.1) is 5.82 Å². The molecule has 0 aliphatic carbocycles. The van der Waals surface area contributed by atoms with E-state index in [0.29, 0.717) is 26.2 Å². The molecule has 1 aromatic heterocycles. The highest BCUT2D eigenvalue weighted by molar-refractivity contribution is 5.81. The van der Waals surface area contributed by atoms with Crippen molar-refractivity contribution in [1.82, 2.24) is 19.8 Å². The van der Waals surface area contributed by atoms with E-state index in [2.05, 4.69) is 31.7 Å². The smallest absolute Gasteiger partial charge is 0.263 e. The molecule has 2 aliphatic rings. The molecule has 0 spiro atoms. The molecule has 0 N–H and O–H groups in total. The Morgan fingerprint density at radius 1 is 0.968 bits per heavy atom. The van der Waals surface area contributed by atoms with E-state index in [9.17, 15) is 9.18 Å². The van der Waals surface area contributed by atoms with Crippen molar-refractivity contribution in [3.8, 4) is 5.75 Å². The van der Waals surface area contributed by atoms with Crippen LogP contribution in [-0.4, -0.2) is 91.2 Å². The Bertz CT molecular complexity index is 897. The lowest BCUT2D eigenvalue weighted by molar-refractivity contribution is -0.138. The average molecular weight is 429 g/mol. The van der Waals surface area contributed by atoms with Gasteiger partial charge in [-0.3, -0.25) is 4.79 Å². The summed E-state index contributed by atoms with van der Waals surface area (Å²) in [5.74, 6) is 1.32. The molecule has 1 atom stereocenters. The van der Waals surface area contributed by atoms with E-state index in [0.717, 1.165) is 37.8 Å². The SMILES string of the molecule is CC(Oc1ccccc1F)C(=O)N1CCN(c2cc(N3CCN(C)CC3)ncn2)CC1. The molecule has 1 unspecified atom stereocenters. The van der Waals surface area contributed by atoms with Crippen LogP contribution < -0.4 is 14.5 Å². The van der Waals surface area contributed by atoms with E-state index in [1.54, 1.807) is 30.3 Å². The predicted octanol–water partition coefficient (Wildman–Crippen LogP) is 1.48. The van der Waals surface area contributed by atoms with E-state index in [1.807, 2.05) is 6.07 Å². The monoisotopic (exact) mass is 428 g/mol. The van der Waals surface area contributed by atoms with Gasteiger partial charge in [-0.1, -0.05) is 12.1 Å². The maximum Gasteiger partial charge on any atom is 0.263 e. The number of anilines is 2. The van der Waals surface area contributed by atoms with Crippen molar-refractivity contribution >= 4 is 17.5 Å². The number of likely N-dealkylation sites (N-methyl/N-ethyl adjacent to an activating group) is 1. The number of para-hydroxylation sites is 1. The normalized spacial score (nSPS) is 18.7. The van der Waals surface area contributed by atoms with Crippen LogP contribution in [0.4, 0.5) is 16.0 Å². The van der Waals surface area contributed by atoms with E-state index in [4.69, 9.17) is 4.74 Å². The molecule has 0 bridgehead atoms. The summed E-state index contributed by atoms with van der Waals surface area (Å²) in [6.07, 6.45) is 0.872. The number of nitrogens with zero attached hydrogens (tertiary/aromatic N) is 6. The van der Waals surface area contributed by atoms with Crippen molar-refractivity contribution in [3.05, 3.63) is 42.5 Å². The molecule has 1 amide bonds. The second kappa shape index (κ2) is 9.47. The van der Waals surface area contributed by atoms with Crippen LogP contribution >= 0.6 is 0 Å². The molecular formula is C22H29FN6O2. The quantitative estimate of drug-likeness (QED) is 0.715. The lowest BCUT2D eigenvalue weighted by Crippen LogP contribution is -2.52. The van der Waals surface area contributed by atoms with Crippen molar-refractivity contribution in [2.45, 2.75) is 13.0 Å². The summed E-state index contributed by atoms with van der Waals surface area (Å²) in [5, 5.41) is 0. The van der Waals surface area contributed by atoms with E-state index < -0.39 is 11.9 Å². The Morgan fingerprint density at radius 2 is 1.55 bits per heavy atom. The van der Waals surface area contributed by atoms with Crippen LogP contribution in [-0.2, 0) is 4.79 Å². The largest absolute Gasteiger partial charge is 0.478 e. The van der Waals surface area contributed by atoms with Crippen LogP contribution in [0.1, 0.15) is 6.92 Å². The number of amides is 1. The molecule has 0 saturated carbocycles. The first kappa shape index (κ1) is 21.3. The minimum absolute atomic E-state index is 0.0967. The van der Waals surface area contributed by atoms with Crippen molar-refractivity contribution in [2.75, 3.05) is 69.2 Å². The number of benzene rings is 1. The Labute approximate surface area is 182 Å². The Hall–Kier alpha value is -2.94. The Kier molecular flexibility index (Phi) is 6.50.